The molecule has 3 nitrogen and oxygen atoms in total. The van der Waals surface area contributed by atoms with E-state index in [-0.39, 0.29) is 18.7 Å². The molecular formula is C18H30N2O. The predicted octanol–water partition coefficient (Wildman–Crippen LogP) is 3.01. The lowest BCUT2D eigenvalue weighted by Gasteiger charge is -2.39. The Labute approximate surface area is 129 Å². The molecule has 3 heteroatoms. The summed E-state index contributed by atoms with van der Waals surface area (Å²) in [5.41, 5.74) is 9.05. The summed E-state index contributed by atoms with van der Waals surface area (Å²) in [5.74, 6) is 0. The third-order valence-corrected chi connectivity index (χ3v) is 4.77. The summed E-state index contributed by atoms with van der Waals surface area (Å²) >= 11 is 0. The van der Waals surface area contributed by atoms with Crippen molar-refractivity contribution in [3.63, 3.8) is 0 Å². The number of benzene rings is 1. The molecule has 2 unspecified atom stereocenters. The second-order valence-electron chi connectivity index (χ2n) is 6.33. The van der Waals surface area contributed by atoms with Crippen LogP contribution in [0.4, 0.5) is 0 Å². The molecule has 118 valence electrons. The van der Waals surface area contributed by atoms with Crippen molar-refractivity contribution in [2.45, 2.75) is 64.1 Å². The Morgan fingerprint density at radius 2 is 2.05 bits per heavy atom. The number of aliphatic hydroxyl groups excluding tert-OH is 1. The SMILES string of the molecule is CCC(N)C(c1cccc(C)c1)N(CCO)C1CCCC1. The molecule has 1 aliphatic carbocycles. The number of nitrogens with two attached hydrogens (primary N) is 1. The summed E-state index contributed by atoms with van der Waals surface area (Å²) in [4.78, 5) is 2.47. The third kappa shape index (κ3) is 4.06. The molecule has 2 atom stereocenters. The number of aryl methyl sites for hydroxylation is 1. The van der Waals surface area contributed by atoms with Crippen molar-refractivity contribution in [3.8, 4) is 0 Å². The molecule has 0 aromatic heterocycles. The minimum absolute atomic E-state index is 0.110. The van der Waals surface area contributed by atoms with Crippen LogP contribution in [0.15, 0.2) is 24.3 Å². The lowest BCUT2D eigenvalue weighted by atomic mass is 9.93. The van der Waals surface area contributed by atoms with E-state index in [4.69, 9.17) is 5.73 Å². The lowest BCUT2D eigenvalue weighted by Crippen LogP contribution is -2.46. The zero-order valence-electron chi connectivity index (χ0n) is 13.5. The van der Waals surface area contributed by atoms with Crippen LogP contribution >= 0.6 is 0 Å². The highest BCUT2D eigenvalue weighted by Crippen LogP contribution is 2.33. The zero-order chi connectivity index (χ0) is 15.2. The Hall–Kier alpha value is -0.900. The van der Waals surface area contributed by atoms with Crippen molar-refractivity contribution in [2.75, 3.05) is 13.2 Å². The molecule has 0 spiro atoms. The Morgan fingerprint density at radius 3 is 2.62 bits per heavy atom. The molecule has 1 saturated carbocycles. The minimum atomic E-state index is 0.110. The normalized spacial score (nSPS) is 19.1. The predicted molar refractivity (Wildman–Crippen MR) is 88.2 cm³/mol. The van der Waals surface area contributed by atoms with Crippen LogP contribution in [0.2, 0.25) is 0 Å². The van der Waals surface area contributed by atoms with Gasteiger partial charge < -0.3 is 10.8 Å². The maximum absolute atomic E-state index is 9.52. The summed E-state index contributed by atoms with van der Waals surface area (Å²) < 4.78 is 0. The van der Waals surface area contributed by atoms with E-state index >= 15 is 0 Å². The van der Waals surface area contributed by atoms with Gasteiger partial charge in [-0.1, -0.05) is 49.6 Å². The lowest BCUT2D eigenvalue weighted by molar-refractivity contribution is 0.0882. The van der Waals surface area contributed by atoms with Crippen LogP contribution in [0.25, 0.3) is 0 Å². The van der Waals surface area contributed by atoms with Gasteiger partial charge in [-0.2, -0.15) is 0 Å². The molecule has 0 radical (unpaired) electrons. The number of nitrogens with zero attached hydrogens (tertiary/aromatic N) is 1. The first-order valence-electron chi connectivity index (χ1n) is 8.36. The second-order valence-corrected chi connectivity index (χ2v) is 6.33. The van der Waals surface area contributed by atoms with Gasteiger partial charge in [-0.15, -0.1) is 0 Å². The summed E-state index contributed by atoms with van der Waals surface area (Å²) in [6.45, 7) is 5.20. The molecule has 0 saturated heterocycles. The molecule has 0 aliphatic heterocycles. The van der Waals surface area contributed by atoms with Crippen molar-refractivity contribution >= 4 is 0 Å². The molecule has 2 rings (SSSR count). The van der Waals surface area contributed by atoms with Gasteiger partial charge in [0.2, 0.25) is 0 Å². The van der Waals surface area contributed by atoms with Crippen LogP contribution < -0.4 is 5.73 Å². The number of hydrogen-bond donors (Lipinski definition) is 2. The van der Waals surface area contributed by atoms with Gasteiger partial charge in [0.25, 0.3) is 0 Å². The smallest absolute Gasteiger partial charge is 0.0558 e. The highest BCUT2D eigenvalue weighted by molar-refractivity contribution is 5.26. The molecule has 1 fully saturated rings. The van der Waals surface area contributed by atoms with Crippen LogP contribution in [0.5, 0.6) is 0 Å². The van der Waals surface area contributed by atoms with E-state index in [9.17, 15) is 5.11 Å². The van der Waals surface area contributed by atoms with Crippen molar-refractivity contribution in [1.29, 1.82) is 0 Å². The van der Waals surface area contributed by atoms with E-state index in [1.807, 2.05) is 0 Å². The van der Waals surface area contributed by atoms with E-state index in [0.717, 1.165) is 13.0 Å². The minimum Gasteiger partial charge on any atom is -0.395 e. The fraction of sp³-hybridized carbons (Fsp3) is 0.667. The topological polar surface area (TPSA) is 49.5 Å². The van der Waals surface area contributed by atoms with Gasteiger partial charge in [0.15, 0.2) is 0 Å². The Morgan fingerprint density at radius 1 is 1.33 bits per heavy atom. The van der Waals surface area contributed by atoms with Crippen LogP contribution in [0.1, 0.15) is 56.2 Å². The summed E-state index contributed by atoms with van der Waals surface area (Å²) in [6, 6.07) is 9.58. The molecule has 0 heterocycles. The highest BCUT2D eigenvalue weighted by Gasteiger charge is 2.32. The quantitative estimate of drug-likeness (QED) is 0.811. The second kappa shape index (κ2) is 7.92. The molecule has 0 bridgehead atoms. The van der Waals surface area contributed by atoms with E-state index in [1.165, 1.54) is 36.8 Å². The maximum atomic E-state index is 9.52. The first-order valence-corrected chi connectivity index (χ1v) is 8.36. The molecule has 1 aliphatic rings. The third-order valence-electron chi connectivity index (χ3n) is 4.77. The Bertz CT molecular complexity index is 429. The zero-order valence-corrected chi connectivity index (χ0v) is 13.5. The molecule has 0 amide bonds. The number of aliphatic hydroxyl groups is 1. The van der Waals surface area contributed by atoms with Gasteiger partial charge >= 0.3 is 0 Å². The summed E-state index contributed by atoms with van der Waals surface area (Å²) in [7, 11) is 0. The highest BCUT2D eigenvalue weighted by atomic mass is 16.3. The van der Waals surface area contributed by atoms with E-state index in [1.54, 1.807) is 0 Å². The van der Waals surface area contributed by atoms with Crippen LogP contribution in [0.3, 0.4) is 0 Å². The fourth-order valence-electron chi connectivity index (χ4n) is 3.66. The van der Waals surface area contributed by atoms with Gasteiger partial charge in [0.05, 0.1) is 12.6 Å². The van der Waals surface area contributed by atoms with Crippen molar-refractivity contribution in [3.05, 3.63) is 35.4 Å². The first kappa shape index (κ1) is 16.5. The van der Waals surface area contributed by atoms with Crippen molar-refractivity contribution < 1.29 is 5.11 Å². The van der Waals surface area contributed by atoms with Crippen LogP contribution in [-0.4, -0.2) is 35.2 Å². The maximum Gasteiger partial charge on any atom is 0.0558 e. The fourth-order valence-corrected chi connectivity index (χ4v) is 3.66. The Kier molecular flexibility index (Phi) is 6.22. The molecule has 1 aromatic carbocycles. The van der Waals surface area contributed by atoms with Crippen LogP contribution in [0, 0.1) is 6.92 Å². The summed E-state index contributed by atoms with van der Waals surface area (Å²) in [5, 5.41) is 9.52. The molecule has 3 N–H and O–H groups in total. The van der Waals surface area contributed by atoms with Crippen molar-refractivity contribution in [2.24, 2.45) is 5.73 Å². The molecule has 1 aromatic rings. The standard InChI is InChI=1S/C18H30N2O/c1-3-17(19)18(15-8-6-7-14(2)13-15)20(11-12-21)16-9-4-5-10-16/h6-8,13,16-18,21H,3-5,9-12,19H2,1-2H3. The van der Waals surface area contributed by atoms with Gasteiger partial charge in [-0.3, -0.25) is 4.90 Å². The average Bonchev–Trinajstić information content (AvgIpc) is 3.00. The van der Waals surface area contributed by atoms with Gasteiger partial charge in [-0.25, -0.2) is 0 Å². The van der Waals surface area contributed by atoms with Gasteiger partial charge in [0.1, 0.15) is 0 Å². The first-order chi connectivity index (χ1) is 10.2. The average molecular weight is 290 g/mol. The van der Waals surface area contributed by atoms with E-state index < -0.39 is 0 Å². The monoisotopic (exact) mass is 290 g/mol. The van der Waals surface area contributed by atoms with Gasteiger partial charge in [0, 0.05) is 18.6 Å². The number of rotatable bonds is 7. The van der Waals surface area contributed by atoms with E-state index in [2.05, 4.69) is 43.0 Å². The van der Waals surface area contributed by atoms with Crippen molar-refractivity contribution in [1.82, 2.24) is 4.90 Å². The number of hydrogen-bond acceptors (Lipinski definition) is 3. The van der Waals surface area contributed by atoms with Gasteiger partial charge in [-0.05, 0) is 31.7 Å². The van der Waals surface area contributed by atoms with E-state index in [0.29, 0.717) is 6.04 Å². The largest absolute Gasteiger partial charge is 0.395 e. The molecule has 21 heavy (non-hydrogen) atoms. The van der Waals surface area contributed by atoms with Crippen LogP contribution in [-0.2, 0) is 0 Å². The Balaban J connectivity index is 2.31. The summed E-state index contributed by atoms with van der Waals surface area (Å²) in [6.07, 6.45) is 6.02. The molecular weight excluding hydrogens is 260 g/mol.